The highest BCUT2D eigenvalue weighted by atomic mass is 16.5. The Morgan fingerprint density at radius 2 is 2.25 bits per heavy atom. The topological polar surface area (TPSA) is 48.4 Å². The smallest absolute Gasteiger partial charge is 0.334 e. The van der Waals surface area contributed by atoms with Crippen molar-refractivity contribution in [2.45, 2.75) is 20.8 Å². The molecule has 0 unspecified atom stereocenters. The molecule has 1 heterocycles. The Hall–Kier alpha value is -1.84. The van der Waals surface area contributed by atoms with Gasteiger partial charge in [0.05, 0.1) is 18.9 Å². The zero-order chi connectivity index (χ0) is 12.0. The van der Waals surface area contributed by atoms with E-state index < -0.39 is 5.97 Å². The number of ether oxygens (including phenoxy) is 2. The fraction of sp³-hybridized carbons (Fsp3) is 0.333. The molecule has 0 fully saturated rings. The summed E-state index contributed by atoms with van der Waals surface area (Å²) in [6, 6.07) is 3.64. The molecule has 1 aromatic rings. The molecule has 0 aliphatic carbocycles. The van der Waals surface area contributed by atoms with E-state index >= 15 is 0 Å². The van der Waals surface area contributed by atoms with Crippen LogP contribution in [0.5, 0.6) is 5.75 Å². The van der Waals surface area contributed by atoms with Gasteiger partial charge >= 0.3 is 5.97 Å². The molecule has 1 rings (SSSR count). The average Bonchev–Trinajstić information content (AvgIpc) is 2.21. The second-order valence-electron chi connectivity index (χ2n) is 3.24. The Balaban J connectivity index is 2.60. The van der Waals surface area contributed by atoms with Crippen LogP contribution in [0.15, 0.2) is 30.2 Å². The molecule has 0 amide bonds. The number of rotatable bonds is 4. The SMILES string of the molecule is CCOC(=O)C=C(C)Oc1ccc(C)nc1. The van der Waals surface area contributed by atoms with E-state index in [-0.39, 0.29) is 0 Å². The van der Waals surface area contributed by atoms with Crippen LogP contribution >= 0.6 is 0 Å². The minimum absolute atomic E-state index is 0.356. The third kappa shape index (κ3) is 4.13. The second-order valence-corrected chi connectivity index (χ2v) is 3.24. The van der Waals surface area contributed by atoms with Gasteiger partial charge < -0.3 is 9.47 Å². The maximum absolute atomic E-state index is 11.1. The molecule has 0 aromatic carbocycles. The predicted octanol–water partition coefficient (Wildman–Crippen LogP) is 2.24. The monoisotopic (exact) mass is 221 g/mol. The number of hydrogen-bond donors (Lipinski definition) is 0. The predicted molar refractivity (Wildman–Crippen MR) is 60.0 cm³/mol. The molecule has 0 bridgehead atoms. The van der Waals surface area contributed by atoms with Gasteiger partial charge in [-0.2, -0.15) is 0 Å². The first-order chi connectivity index (χ1) is 7.61. The van der Waals surface area contributed by atoms with Gasteiger partial charge in [0.1, 0.15) is 11.5 Å². The number of hydrogen-bond acceptors (Lipinski definition) is 4. The lowest BCUT2D eigenvalue weighted by atomic mass is 10.4. The lowest BCUT2D eigenvalue weighted by Crippen LogP contribution is -2.02. The first kappa shape index (κ1) is 12.2. The largest absolute Gasteiger partial charge is 0.463 e. The Kier molecular flexibility index (Phi) is 4.51. The molecule has 0 spiro atoms. The van der Waals surface area contributed by atoms with Crippen LogP contribution in [0.3, 0.4) is 0 Å². The molecule has 0 radical (unpaired) electrons. The van der Waals surface area contributed by atoms with Crippen molar-refractivity contribution in [1.29, 1.82) is 0 Å². The summed E-state index contributed by atoms with van der Waals surface area (Å²) in [4.78, 5) is 15.2. The van der Waals surface area contributed by atoms with Crippen LogP contribution in [0.25, 0.3) is 0 Å². The Morgan fingerprint density at radius 1 is 1.50 bits per heavy atom. The molecule has 0 aliphatic rings. The summed E-state index contributed by atoms with van der Waals surface area (Å²) in [7, 11) is 0. The highest BCUT2D eigenvalue weighted by Crippen LogP contribution is 2.12. The van der Waals surface area contributed by atoms with E-state index in [2.05, 4.69) is 4.98 Å². The van der Waals surface area contributed by atoms with Crippen LogP contribution in [0.1, 0.15) is 19.5 Å². The van der Waals surface area contributed by atoms with Crippen molar-refractivity contribution in [2.75, 3.05) is 6.61 Å². The van der Waals surface area contributed by atoms with Crippen LogP contribution in [-0.2, 0) is 9.53 Å². The highest BCUT2D eigenvalue weighted by molar-refractivity contribution is 5.82. The Bertz CT molecular complexity index is 382. The van der Waals surface area contributed by atoms with Crippen molar-refractivity contribution in [3.63, 3.8) is 0 Å². The van der Waals surface area contributed by atoms with Crippen molar-refractivity contribution in [1.82, 2.24) is 4.98 Å². The van der Waals surface area contributed by atoms with Crippen molar-refractivity contribution in [2.24, 2.45) is 0 Å². The minimum atomic E-state index is -0.403. The molecule has 4 nitrogen and oxygen atoms in total. The summed E-state index contributed by atoms with van der Waals surface area (Å²) in [5, 5.41) is 0. The minimum Gasteiger partial charge on any atom is -0.463 e. The van der Waals surface area contributed by atoms with Gasteiger partial charge in [0, 0.05) is 5.69 Å². The summed E-state index contributed by atoms with van der Waals surface area (Å²) < 4.78 is 10.1. The van der Waals surface area contributed by atoms with Gasteiger partial charge in [-0.1, -0.05) is 0 Å². The summed E-state index contributed by atoms with van der Waals surface area (Å²) in [5.41, 5.74) is 0.916. The molecule has 86 valence electrons. The molecule has 0 atom stereocenters. The van der Waals surface area contributed by atoms with Crippen molar-refractivity contribution in [3.05, 3.63) is 35.9 Å². The molecular formula is C12H15NO3. The number of carbonyl (C=O) groups is 1. The molecule has 0 saturated carbocycles. The number of aromatic nitrogens is 1. The maximum Gasteiger partial charge on any atom is 0.334 e. The van der Waals surface area contributed by atoms with Crippen molar-refractivity contribution < 1.29 is 14.3 Å². The third-order valence-electron chi connectivity index (χ3n) is 1.77. The van der Waals surface area contributed by atoms with Crippen LogP contribution < -0.4 is 4.74 Å². The van der Waals surface area contributed by atoms with E-state index in [1.165, 1.54) is 6.08 Å². The van der Waals surface area contributed by atoms with Crippen LogP contribution in [0.2, 0.25) is 0 Å². The van der Waals surface area contributed by atoms with Gasteiger partial charge in [-0.05, 0) is 32.9 Å². The van der Waals surface area contributed by atoms with Crippen molar-refractivity contribution >= 4 is 5.97 Å². The second kappa shape index (κ2) is 5.90. The lowest BCUT2D eigenvalue weighted by Gasteiger charge is -2.05. The fourth-order valence-corrected chi connectivity index (χ4v) is 1.08. The zero-order valence-electron chi connectivity index (χ0n) is 9.69. The number of allylic oxidation sites excluding steroid dienone is 1. The fourth-order valence-electron chi connectivity index (χ4n) is 1.08. The van der Waals surface area contributed by atoms with Gasteiger partial charge in [-0.25, -0.2) is 4.79 Å². The first-order valence-corrected chi connectivity index (χ1v) is 5.07. The quantitative estimate of drug-likeness (QED) is 0.444. The number of esters is 1. The summed E-state index contributed by atoms with van der Waals surface area (Å²) >= 11 is 0. The molecule has 0 saturated heterocycles. The van der Waals surface area contributed by atoms with Crippen LogP contribution in [0, 0.1) is 6.92 Å². The zero-order valence-corrected chi connectivity index (χ0v) is 9.69. The first-order valence-electron chi connectivity index (χ1n) is 5.07. The molecule has 16 heavy (non-hydrogen) atoms. The number of aryl methyl sites for hydroxylation is 1. The molecule has 4 heteroatoms. The number of pyridine rings is 1. The van der Waals surface area contributed by atoms with Gasteiger partial charge in [0.2, 0.25) is 0 Å². The van der Waals surface area contributed by atoms with E-state index in [0.717, 1.165) is 5.69 Å². The van der Waals surface area contributed by atoms with E-state index in [4.69, 9.17) is 9.47 Å². The summed E-state index contributed by atoms with van der Waals surface area (Å²) in [5.74, 6) is 0.674. The van der Waals surface area contributed by atoms with Crippen LogP contribution in [0.4, 0.5) is 0 Å². The highest BCUT2D eigenvalue weighted by Gasteiger charge is 2.00. The molecule has 1 aromatic heterocycles. The van der Waals surface area contributed by atoms with E-state index in [1.54, 1.807) is 26.1 Å². The lowest BCUT2D eigenvalue weighted by molar-refractivity contribution is -0.137. The van der Waals surface area contributed by atoms with E-state index in [1.807, 2.05) is 13.0 Å². The normalized spacial score (nSPS) is 11.1. The van der Waals surface area contributed by atoms with Crippen LogP contribution in [-0.4, -0.2) is 17.6 Å². The molecular weight excluding hydrogens is 206 g/mol. The van der Waals surface area contributed by atoms with Crippen molar-refractivity contribution in [3.8, 4) is 5.75 Å². The third-order valence-corrected chi connectivity index (χ3v) is 1.77. The number of carbonyl (C=O) groups excluding carboxylic acids is 1. The average molecular weight is 221 g/mol. The summed E-state index contributed by atoms with van der Waals surface area (Å²) in [6.45, 7) is 5.70. The molecule has 0 N–H and O–H groups in total. The summed E-state index contributed by atoms with van der Waals surface area (Å²) in [6.07, 6.45) is 2.92. The Labute approximate surface area is 94.9 Å². The Morgan fingerprint density at radius 3 is 2.81 bits per heavy atom. The van der Waals surface area contributed by atoms with Gasteiger partial charge in [-0.3, -0.25) is 4.98 Å². The molecule has 0 aliphatic heterocycles. The van der Waals surface area contributed by atoms with Gasteiger partial charge in [0.15, 0.2) is 0 Å². The van der Waals surface area contributed by atoms with Gasteiger partial charge in [0.25, 0.3) is 0 Å². The van der Waals surface area contributed by atoms with E-state index in [0.29, 0.717) is 18.1 Å². The standard InChI is InChI=1S/C12H15NO3/c1-4-15-12(14)7-10(3)16-11-6-5-9(2)13-8-11/h5-8H,4H2,1-3H3. The number of nitrogens with zero attached hydrogens (tertiary/aromatic N) is 1. The van der Waals surface area contributed by atoms with Gasteiger partial charge in [-0.15, -0.1) is 0 Å². The van der Waals surface area contributed by atoms with E-state index in [9.17, 15) is 4.79 Å². The maximum atomic E-state index is 11.1.